The average molecular weight is 294 g/mol. The third-order valence-corrected chi connectivity index (χ3v) is 4.10. The number of anilines is 1. The summed E-state index contributed by atoms with van der Waals surface area (Å²) in [6, 6.07) is 18.6. The minimum atomic E-state index is 0.121. The van der Waals surface area contributed by atoms with E-state index in [0.29, 0.717) is 13.1 Å². The van der Waals surface area contributed by atoms with Crippen LogP contribution in [0.2, 0.25) is 0 Å². The van der Waals surface area contributed by atoms with Crippen LogP contribution in [0.5, 0.6) is 0 Å². The van der Waals surface area contributed by atoms with Crippen molar-refractivity contribution in [3.8, 4) is 0 Å². The van der Waals surface area contributed by atoms with Crippen molar-refractivity contribution in [1.82, 2.24) is 4.90 Å². The minimum Gasteiger partial charge on any atom is -0.316 e. The number of nitrogens with zero attached hydrogens (tertiary/aromatic N) is 2. The SMILES string of the molecule is CCCCN1C(=O)N(Cc2ccccc2)Cc2ccccc21. The molecule has 0 aromatic heterocycles. The third-order valence-electron chi connectivity index (χ3n) is 4.10. The number of fused-ring (bicyclic) bond motifs is 1. The van der Waals surface area contributed by atoms with E-state index in [1.165, 1.54) is 11.1 Å². The molecule has 3 heteroatoms. The Balaban J connectivity index is 1.86. The van der Waals surface area contributed by atoms with Crippen LogP contribution in [0.25, 0.3) is 0 Å². The van der Waals surface area contributed by atoms with Gasteiger partial charge in [-0.05, 0) is 23.6 Å². The van der Waals surface area contributed by atoms with E-state index in [1.54, 1.807) is 0 Å². The summed E-state index contributed by atoms with van der Waals surface area (Å²) in [6.07, 6.45) is 2.11. The molecule has 1 heterocycles. The van der Waals surface area contributed by atoms with Gasteiger partial charge in [0.25, 0.3) is 0 Å². The van der Waals surface area contributed by atoms with E-state index in [0.717, 1.165) is 25.1 Å². The summed E-state index contributed by atoms with van der Waals surface area (Å²) < 4.78 is 0. The maximum absolute atomic E-state index is 12.9. The van der Waals surface area contributed by atoms with E-state index >= 15 is 0 Å². The van der Waals surface area contributed by atoms with Gasteiger partial charge in [-0.2, -0.15) is 0 Å². The second kappa shape index (κ2) is 6.65. The van der Waals surface area contributed by atoms with Crippen LogP contribution in [-0.4, -0.2) is 17.5 Å². The Labute approximate surface area is 132 Å². The number of benzene rings is 2. The Hall–Kier alpha value is -2.29. The van der Waals surface area contributed by atoms with Gasteiger partial charge in [-0.25, -0.2) is 4.79 Å². The largest absolute Gasteiger partial charge is 0.325 e. The Morgan fingerprint density at radius 1 is 1.00 bits per heavy atom. The summed E-state index contributed by atoms with van der Waals surface area (Å²) in [7, 11) is 0. The zero-order valence-electron chi connectivity index (χ0n) is 13.0. The highest BCUT2D eigenvalue weighted by molar-refractivity contribution is 5.94. The number of para-hydroxylation sites is 1. The highest BCUT2D eigenvalue weighted by Gasteiger charge is 2.29. The zero-order valence-corrected chi connectivity index (χ0v) is 13.0. The van der Waals surface area contributed by atoms with E-state index in [-0.39, 0.29) is 6.03 Å². The normalized spacial score (nSPS) is 14.1. The standard InChI is InChI=1S/C19H22N2O/c1-2-3-13-21-18-12-8-7-11-17(18)15-20(19(21)22)14-16-9-5-4-6-10-16/h4-12H,2-3,13-15H2,1H3. The minimum absolute atomic E-state index is 0.121. The van der Waals surface area contributed by atoms with Crippen LogP contribution in [0.3, 0.4) is 0 Å². The molecule has 2 aromatic carbocycles. The van der Waals surface area contributed by atoms with Gasteiger partial charge in [-0.15, -0.1) is 0 Å². The van der Waals surface area contributed by atoms with Crippen LogP contribution < -0.4 is 4.90 Å². The summed E-state index contributed by atoms with van der Waals surface area (Å²) in [4.78, 5) is 16.7. The quantitative estimate of drug-likeness (QED) is 0.800. The molecule has 3 nitrogen and oxygen atoms in total. The number of amides is 2. The van der Waals surface area contributed by atoms with Crippen LogP contribution in [0.15, 0.2) is 54.6 Å². The Morgan fingerprint density at radius 2 is 1.73 bits per heavy atom. The molecule has 0 bridgehead atoms. The number of urea groups is 1. The van der Waals surface area contributed by atoms with Gasteiger partial charge in [0.15, 0.2) is 0 Å². The van der Waals surface area contributed by atoms with Gasteiger partial charge < -0.3 is 4.90 Å². The smallest absolute Gasteiger partial charge is 0.316 e. The predicted molar refractivity (Wildman–Crippen MR) is 89.8 cm³/mol. The molecule has 0 N–H and O–H groups in total. The molecule has 0 aliphatic carbocycles. The lowest BCUT2D eigenvalue weighted by molar-refractivity contribution is 0.195. The number of carbonyl (C=O) groups is 1. The van der Waals surface area contributed by atoms with E-state index in [4.69, 9.17) is 0 Å². The second-order valence-corrected chi connectivity index (χ2v) is 5.76. The van der Waals surface area contributed by atoms with Crippen molar-refractivity contribution in [2.45, 2.75) is 32.9 Å². The number of carbonyl (C=O) groups excluding carboxylic acids is 1. The summed E-state index contributed by atoms with van der Waals surface area (Å²) >= 11 is 0. The van der Waals surface area contributed by atoms with Crippen LogP contribution in [0, 0.1) is 0 Å². The average Bonchev–Trinajstić information content (AvgIpc) is 2.56. The van der Waals surface area contributed by atoms with Gasteiger partial charge in [0.1, 0.15) is 0 Å². The number of hydrogen-bond acceptors (Lipinski definition) is 1. The highest BCUT2D eigenvalue weighted by atomic mass is 16.2. The van der Waals surface area contributed by atoms with Crippen LogP contribution >= 0.6 is 0 Å². The molecule has 22 heavy (non-hydrogen) atoms. The van der Waals surface area contributed by atoms with Gasteiger partial charge in [-0.1, -0.05) is 61.9 Å². The number of unbranched alkanes of at least 4 members (excludes halogenated alkanes) is 1. The topological polar surface area (TPSA) is 23.6 Å². The summed E-state index contributed by atoms with van der Waals surface area (Å²) in [5.74, 6) is 0. The number of hydrogen-bond donors (Lipinski definition) is 0. The lowest BCUT2D eigenvalue weighted by Gasteiger charge is -2.37. The van der Waals surface area contributed by atoms with Gasteiger partial charge in [-0.3, -0.25) is 4.90 Å². The molecule has 0 saturated carbocycles. The van der Waals surface area contributed by atoms with Crippen molar-refractivity contribution in [3.63, 3.8) is 0 Å². The Kier molecular flexibility index (Phi) is 4.42. The molecule has 1 aliphatic rings. The molecule has 0 unspecified atom stereocenters. The molecule has 0 spiro atoms. The van der Waals surface area contributed by atoms with Crippen LogP contribution in [0.4, 0.5) is 10.5 Å². The van der Waals surface area contributed by atoms with Crippen molar-refractivity contribution < 1.29 is 4.79 Å². The monoisotopic (exact) mass is 294 g/mol. The Bertz CT molecular complexity index is 639. The van der Waals surface area contributed by atoms with E-state index < -0.39 is 0 Å². The molecule has 2 aromatic rings. The van der Waals surface area contributed by atoms with E-state index in [1.807, 2.05) is 40.1 Å². The number of rotatable bonds is 5. The van der Waals surface area contributed by atoms with E-state index in [2.05, 4.69) is 31.2 Å². The third kappa shape index (κ3) is 2.98. The molecule has 1 aliphatic heterocycles. The lowest BCUT2D eigenvalue weighted by Crippen LogP contribution is -2.47. The first kappa shape index (κ1) is 14.6. The molecular weight excluding hydrogens is 272 g/mol. The molecule has 3 rings (SSSR count). The molecule has 0 fully saturated rings. The zero-order chi connectivity index (χ0) is 15.4. The van der Waals surface area contributed by atoms with Crippen molar-refractivity contribution in [2.24, 2.45) is 0 Å². The van der Waals surface area contributed by atoms with E-state index in [9.17, 15) is 4.79 Å². The van der Waals surface area contributed by atoms with Crippen molar-refractivity contribution in [3.05, 3.63) is 65.7 Å². The first-order valence-corrected chi connectivity index (χ1v) is 7.98. The van der Waals surface area contributed by atoms with Gasteiger partial charge >= 0.3 is 6.03 Å². The molecule has 0 saturated heterocycles. The van der Waals surface area contributed by atoms with Gasteiger partial charge in [0.2, 0.25) is 0 Å². The van der Waals surface area contributed by atoms with Crippen LogP contribution in [0.1, 0.15) is 30.9 Å². The fourth-order valence-corrected chi connectivity index (χ4v) is 2.91. The van der Waals surface area contributed by atoms with Crippen molar-refractivity contribution in [2.75, 3.05) is 11.4 Å². The summed E-state index contributed by atoms with van der Waals surface area (Å²) in [5, 5.41) is 0. The summed E-state index contributed by atoms with van der Waals surface area (Å²) in [6.45, 7) is 4.29. The Morgan fingerprint density at radius 3 is 2.50 bits per heavy atom. The first-order valence-electron chi connectivity index (χ1n) is 7.98. The van der Waals surface area contributed by atoms with Crippen molar-refractivity contribution in [1.29, 1.82) is 0 Å². The lowest BCUT2D eigenvalue weighted by atomic mass is 10.1. The molecule has 114 valence electrons. The molecular formula is C19H22N2O. The second-order valence-electron chi connectivity index (χ2n) is 5.76. The maximum atomic E-state index is 12.9. The first-order chi connectivity index (χ1) is 10.8. The maximum Gasteiger partial charge on any atom is 0.325 e. The predicted octanol–water partition coefficient (Wildman–Crippen LogP) is 4.43. The molecule has 0 atom stereocenters. The van der Waals surface area contributed by atoms with Crippen molar-refractivity contribution >= 4 is 11.7 Å². The highest BCUT2D eigenvalue weighted by Crippen LogP contribution is 2.29. The van der Waals surface area contributed by atoms with Gasteiger partial charge in [0.05, 0.1) is 5.69 Å². The molecule has 0 radical (unpaired) electrons. The molecule has 2 amide bonds. The van der Waals surface area contributed by atoms with Gasteiger partial charge in [0, 0.05) is 19.6 Å². The fraction of sp³-hybridized carbons (Fsp3) is 0.316. The summed E-state index contributed by atoms with van der Waals surface area (Å²) in [5.41, 5.74) is 3.48. The van der Waals surface area contributed by atoms with Crippen LogP contribution in [-0.2, 0) is 13.1 Å². The fourth-order valence-electron chi connectivity index (χ4n) is 2.91.